The van der Waals surface area contributed by atoms with Crippen molar-refractivity contribution in [3.63, 3.8) is 0 Å². The Labute approximate surface area is 377 Å². The van der Waals surface area contributed by atoms with E-state index in [2.05, 4.69) is 36.0 Å². The molecule has 0 aliphatic rings. The van der Waals surface area contributed by atoms with Crippen LogP contribution in [0.15, 0.2) is 175 Å². The molecule has 0 fully saturated rings. The molecule has 0 aromatic heterocycles. The van der Waals surface area contributed by atoms with E-state index in [0.29, 0.717) is 61.6 Å². The van der Waals surface area contributed by atoms with Crippen molar-refractivity contribution in [3.8, 4) is 11.5 Å². The molecule has 0 bridgehead atoms. The fourth-order valence-corrected chi connectivity index (χ4v) is 7.91. The number of benzene rings is 8. The number of aromatic hydroxyl groups is 1. The number of nitrogens with one attached hydrogen (secondary N) is 1. The van der Waals surface area contributed by atoms with E-state index in [9.17, 15) is 31.3 Å². The smallest absolute Gasteiger partial charge is 0.294 e. The van der Waals surface area contributed by atoms with Gasteiger partial charge < -0.3 is 20.9 Å². The van der Waals surface area contributed by atoms with Gasteiger partial charge in [-0.2, -0.15) is 32.2 Å². The molecule has 0 heterocycles. The van der Waals surface area contributed by atoms with Crippen molar-refractivity contribution in [2.45, 2.75) is 18.2 Å². The fourth-order valence-electron chi connectivity index (χ4n) is 6.92. The van der Waals surface area contributed by atoms with Gasteiger partial charge in [0.05, 0.1) is 45.7 Å². The van der Waals surface area contributed by atoms with E-state index in [4.69, 9.17) is 15.0 Å². The lowest BCUT2D eigenvalue weighted by Crippen LogP contribution is -2.11. The Hall–Kier alpha value is -7.97. The first-order chi connectivity index (χ1) is 31.6. The number of phenolic OH excluding ortho intramolecular Hbond substituents is 1. The fraction of sp³-hybridized carbons (Fsp3) is 0.0851. The van der Waals surface area contributed by atoms with Gasteiger partial charge in [-0.25, -0.2) is 0 Å². The molecule has 0 saturated heterocycles. The molecular formula is C47H38N8O9S2. The number of aryl methyl sites for hydroxylation is 1. The van der Waals surface area contributed by atoms with Crippen LogP contribution in [0.1, 0.15) is 22.3 Å². The number of nitrogens with zero attached hydrogens (tertiary/aromatic N) is 6. The Morgan fingerprint density at radius 2 is 1.26 bits per heavy atom. The number of azo groups is 3. The van der Waals surface area contributed by atoms with Gasteiger partial charge in [0.25, 0.3) is 26.1 Å². The molecule has 17 nitrogen and oxygen atoms in total. The normalized spacial score (nSPS) is 12.3. The van der Waals surface area contributed by atoms with Gasteiger partial charge >= 0.3 is 0 Å². The SMILES string of the molecule is Cc1cc(N=Nc2ccc(N=Nc3ccc4cc(NC(=O)c5ccc(N)cc5)ccc4c3O)c3cc(S(=O)(=O)O)ccc23)ccc1N=Nc1ccc2cccc(OCCCS(=O)(=O)O)c2c1. The van der Waals surface area contributed by atoms with Gasteiger partial charge in [-0.05, 0) is 139 Å². The number of hydrogen-bond acceptors (Lipinski definition) is 14. The summed E-state index contributed by atoms with van der Waals surface area (Å²) in [6.45, 7) is 1.93. The molecule has 332 valence electrons. The second-order valence-electron chi connectivity index (χ2n) is 15.0. The monoisotopic (exact) mass is 922 g/mol. The van der Waals surface area contributed by atoms with Crippen LogP contribution in [0.3, 0.4) is 0 Å². The Bertz CT molecular complexity index is 3530. The first kappa shape index (κ1) is 44.6. The van der Waals surface area contributed by atoms with E-state index in [1.807, 2.05) is 31.2 Å². The summed E-state index contributed by atoms with van der Waals surface area (Å²) >= 11 is 0. The number of amides is 1. The number of hydrogen-bond donors (Lipinski definition) is 5. The molecule has 0 spiro atoms. The molecule has 8 aromatic rings. The van der Waals surface area contributed by atoms with Crippen LogP contribution in [-0.4, -0.2) is 49.3 Å². The summed E-state index contributed by atoms with van der Waals surface area (Å²) in [4.78, 5) is 12.4. The molecule has 0 atom stereocenters. The molecular weight excluding hydrogens is 885 g/mol. The van der Waals surface area contributed by atoms with Crippen LogP contribution >= 0.6 is 0 Å². The molecule has 8 rings (SSSR count). The van der Waals surface area contributed by atoms with Crippen LogP contribution in [0.25, 0.3) is 32.3 Å². The van der Waals surface area contributed by atoms with Crippen LogP contribution < -0.4 is 15.8 Å². The number of nitrogen functional groups attached to an aromatic ring is 1. The first-order valence-electron chi connectivity index (χ1n) is 20.0. The summed E-state index contributed by atoms with van der Waals surface area (Å²) in [7, 11) is -8.69. The largest absolute Gasteiger partial charge is 0.505 e. The van der Waals surface area contributed by atoms with E-state index in [1.54, 1.807) is 97.1 Å². The quantitative estimate of drug-likeness (QED) is 0.0298. The molecule has 19 heteroatoms. The van der Waals surface area contributed by atoms with Gasteiger partial charge in [-0.3, -0.25) is 13.9 Å². The van der Waals surface area contributed by atoms with Gasteiger partial charge in [-0.1, -0.05) is 30.3 Å². The molecule has 1 amide bonds. The van der Waals surface area contributed by atoms with Crippen molar-refractivity contribution in [2.75, 3.05) is 23.4 Å². The second-order valence-corrected chi connectivity index (χ2v) is 17.9. The highest BCUT2D eigenvalue weighted by Gasteiger charge is 2.16. The second kappa shape index (κ2) is 18.6. The van der Waals surface area contributed by atoms with Crippen LogP contribution in [0, 0.1) is 6.92 Å². The van der Waals surface area contributed by atoms with Gasteiger partial charge in [0.2, 0.25) is 0 Å². The van der Waals surface area contributed by atoms with Crippen LogP contribution in [-0.2, 0) is 20.2 Å². The van der Waals surface area contributed by atoms with E-state index < -0.39 is 26.0 Å². The average Bonchev–Trinajstić information content (AvgIpc) is 3.28. The standard InChI is InChI=1S/C47H38N8O9S2/c1-28-24-34(14-19-41(28)52-51-35-12-8-29-4-2-5-45(39(29)26-35)64-22-3-23-65(58,59)60)50-53-42-20-21-43(40-27-36(66(61,62)63)15-17-38(40)42)54-55-44-18-9-31-25-33(13-16-37(31)46(44)56)49-47(57)30-6-10-32(48)11-7-30/h2,4-21,24-27,56H,3,22-23,48H2,1H3,(H,49,57)(H,58,59,60)(H,61,62,63). The van der Waals surface area contributed by atoms with Crippen molar-refractivity contribution >= 4 is 104 Å². The van der Waals surface area contributed by atoms with Crippen molar-refractivity contribution in [1.29, 1.82) is 0 Å². The Kier molecular flexibility index (Phi) is 12.6. The maximum absolute atomic E-state index is 12.7. The number of rotatable bonds is 14. The third kappa shape index (κ3) is 10.5. The predicted octanol–water partition coefficient (Wildman–Crippen LogP) is 12.1. The first-order valence-corrected chi connectivity index (χ1v) is 23.1. The van der Waals surface area contributed by atoms with Crippen molar-refractivity contribution in [2.24, 2.45) is 30.7 Å². The van der Waals surface area contributed by atoms with Crippen LogP contribution in [0.4, 0.5) is 45.5 Å². The van der Waals surface area contributed by atoms with Gasteiger partial charge in [-0.15, -0.1) is 15.3 Å². The van der Waals surface area contributed by atoms with Crippen molar-refractivity contribution < 1.29 is 40.6 Å². The summed E-state index contributed by atoms with van der Waals surface area (Å²) in [6, 6.07) is 38.1. The maximum atomic E-state index is 12.7. The molecule has 0 radical (unpaired) electrons. The maximum Gasteiger partial charge on any atom is 0.294 e. The number of carbonyl (C=O) groups excluding carboxylic acids is 1. The minimum Gasteiger partial charge on any atom is -0.505 e. The number of anilines is 2. The lowest BCUT2D eigenvalue weighted by Gasteiger charge is -2.09. The number of fused-ring (bicyclic) bond motifs is 3. The summed E-state index contributed by atoms with van der Waals surface area (Å²) in [6.07, 6.45) is 0.124. The highest BCUT2D eigenvalue weighted by Crippen LogP contribution is 2.40. The van der Waals surface area contributed by atoms with E-state index in [0.717, 1.165) is 16.3 Å². The molecule has 0 aliphatic carbocycles. The van der Waals surface area contributed by atoms with E-state index in [-0.39, 0.29) is 46.3 Å². The summed E-state index contributed by atoms with van der Waals surface area (Å²) in [5, 5.41) is 43.8. The molecule has 0 aliphatic heterocycles. The van der Waals surface area contributed by atoms with Gasteiger partial charge in [0, 0.05) is 38.5 Å². The third-order valence-electron chi connectivity index (χ3n) is 10.3. The zero-order valence-electron chi connectivity index (χ0n) is 34.8. The molecule has 66 heavy (non-hydrogen) atoms. The summed E-state index contributed by atoms with van der Waals surface area (Å²) in [5.41, 5.74) is 10.2. The molecule has 0 saturated carbocycles. The molecule has 0 unspecified atom stereocenters. The number of nitrogens with two attached hydrogens (primary N) is 1. The Morgan fingerprint density at radius 1 is 0.621 bits per heavy atom. The third-order valence-corrected chi connectivity index (χ3v) is 11.9. The average molecular weight is 923 g/mol. The van der Waals surface area contributed by atoms with Crippen LogP contribution in [0.5, 0.6) is 11.5 Å². The van der Waals surface area contributed by atoms with Crippen molar-refractivity contribution in [1.82, 2.24) is 0 Å². The minimum atomic E-state index is -4.60. The zero-order valence-corrected chi connectivity index (χ0v) is 36.4. The Balaban J connectivity index is 1.01. The number of carbonyl (C=O) groups is 1. The van der Waals surface area contributed by atoms with Crippen LogP contribution in [0.2, 0.25) is 0 Å². The van der Waals surface area contributed by atoms with E-state index >= 15 is 0 Å². The topological polar surface area (TPSA) is 267 Å². The lowest BCUT2D eigenvalue weighted by atomic mass is 10.1. The zero-order chi connectivity index (χ0) is 46.6. The predicted molar refractivity (Wildman–Crippen MR) is 252 cm³/mol. The molecule has 6 N–H and O–H groups in total. The highest BCUT2D eigenvalue weighted by atomic mass is 32.2. The van der Waals surface area contributed by atoms with Crippen molar-refractivity contribution in [3.05, 3.63) is 151 Å². The summed E-state index contributed by atoms with van der Waals surface area (Å²) in [5.74, 6) is -0.369. The number of ether oxygens (including phenoxy) is 1. The lowest BCUT2D eigenvalue weighted by molar-refractivity contribution is 0.102. The van der Waals surface area contributed by atoms with Gasteiger partial charge in [0.1, 0.15) is 11.4 Å². The Morgan fingerprint density at radius 3 is 2.00 bits per heavy atom. The van der Waals surface area contributed by atoms with Gasteiger partial charge in [0.15, 0.2) is 5.75 Å². The highest BCUT2D eigenvalue weighted by molar-refractivity contribution is 7.86. The molecule has 8 aromatic carbocycles. The minimum absolute atomic E-state index is 0.0936. The summed E-state index contributed by atoms with van der Waals surface area (Å²) < 4.78 is 71.2. The number of phenols is 1. The van der Waals surface area contributed by atoms with E-state index in [1.165, 1.54) is 18.2 Å².